The summed E-state index contributed by atoms with van der Waals surface area (Å²) in [4.78, 5) is 21.2. The molecule has 2 aromatic carbocycles. The van der Waals surface area contributed by atoms with Crippen LogP contribution in [0.3, 0.4) is 0 Å². The Morgan fingerprint density at radius 3 is 2.29 bits per heavy atom. The summed E-state index contributed by atoms with van der Waals surface area (Å²) in [5.74, 6) is 0.923. The summed E-state index contributed by atoms with van der Waals surface area (Å²) in [6.07, 6.45) is -4.63. The Hall–Kier alpha value is -4.21. The molecule has 7 nitrogen and oxygen atoms in total. The molecule has 2 heterocycles. The van der Waals surface area contributed by atoms with Gasteiger partial charge in [0.2, 0.25) is 5.88 Å². The number of hydrogen-bond donors (Lipinski definition) is 1. The SMILES string of the molecule is Cc1nc(Oc2ccc(NC(=O)c3ccccc3C(F)(F)F)cc2)cc(-n2nc(C)c(C)c2C)n1. The first-order valence-corrected chi connectivity index (χ1v) is 10.7. The first kappa shape index (κ1) is 23.9. The summed E-state index contributed by atoms with van der Waals surface area (Å²) in [5.41, 5.74) is 1.79. The molecule has 0 aliphatic carbocycles. The van der Waals surface area contributed by atoms with Crippen LogP contribution in [0.2, 0.25) is 0 Å². The molecule has 4 aromatic rings. The van der Waals surface area contributed by atoms with Gasteiger partial charge in [0, 0.05) is 17.4 Å². The molecule has 0 saturated heterocycles. The van der Waals surface area contributed by atoms with E-state index in [1.807, 2.05) is 20.8 Å². The van der Waals surface area contributed by atoms with Gasteiger partial charge in [-0.05, 0) is 69.7 Å². The minimum Gasteiger partial charge on any atom is -0.439 e. The summed E-state index contributed by atoms with van der Waals surface area (Å²) in [6.45, 7) is 7.60. The van der Waals surface area contributed by atoms with Crippen LogP contribution < -0.4 is 10.1 Å². The molecule has 0 radical (unpaired) electrons. The number of rotatable bonds is 5. The van der Waals surface area contributed by atoms with Gasteiger partial charge in [-0.2, -0.15) is 23.3 Å². The van der Waals surface area contributed by atoms with Crippen LogP contribution in [0.15, 0.2) is 54.6 Å². The number of hydrogen-bond acceptors (Lipinski definition) is 5. The second-order valence-corrected chi connectivity index (χ2v) is 7.94. The molecule has 0 aliphatic rings. The number of aromatic nitrogens is 4. The van der Waals surface area contributed by atoms with Gasteiger partial charge in [-0.3, -0.25) is 4.79 Å². The maximum Gasteiger partial charge on any atom is 0.417 e. The van der Waals surface area contributed by atoms with Gasteiger partial charge in [-0.25, -0.2) is 9.67 Å². The Bertz CT molecular complexity index is 1400. The van der Waals surface area contributed by atoms with Crippen LogP contribution in [0.5, 0.6) is 11.6 Å². The minimum atomic E-state index is -4.63. The fourth-order valence-electron chi connectivity index (χ4n) is 3.48. The molecule has 4 rings (SSSR count). The minimum absolute atomic E-state index is 0.300. The molecule has 35 heavy (non-hydrogen) atoms. The van der Waals surface area contributed by atoms with E-state index in [0.717, 1.165) is 29.1 Å². The zero-order chi connectivity index (χ0) is 25.3. The molecule has 1 N–H and O–H groups in total. The second kappa shape index (κ2) is 9.21. The summed E-state index contributed by atoms with van der Waals surface area (Å²) in [6, 6.07) is 12.5. The van der Waals surface area contributed by atoms with Gasteiger partial charge >= 0.3 is 6.18 Å². The average Bonchev–Trinajstić information content (AvgIpc) is 3.07. The van der Waals surface area contributed by atoms with Crippen LogP contribution in [0.4, 0.5) is 18.9 Å². The Labute approximate surface area is 199 Å². The number of anilines is 1. The number of nitrogens with zero attached hydrogens (tertiary/aromatic N) is 4. The lowest BCUT2D eigenvalue weighted by Crippen LogP contribution is -2.18. The van der Waals surface area contributed by atoms with E-state index in [4.69, 9.17) is 4.74 Å². The van der Waals surface area contributed by atoms with Gasteiger partial charge in [0.05, 0.1) is 16.8 Å². The molecule has 0 fully saturated rings. The van der Waals surface area contributed by atoms with E-state index in [-0.39, 0.29) is 0 Å². The lowest BCUT2D eigenvalue weighted by Gasteiger charge is -2.13. The van der Waals surface area contributed by atoms with E-state index in [1.165, 1.54) is 24.3 Å². The fraction of sp³-hybridized carbons (Fsp3) is 0.200. The number of aryl methyl sites for hydroxylation is 2. The molecule has 0 unspecified atom stereocenters. The number of nitrogens with one attached hydrogen (secondary N) is 1. The first-order valence-electron chi connectivity index (χ1n) is 10.7. The van der Waals surface area contributed by atoms with Crippen LogP contribution in [-0.2, 0) is 6.18 Å². The number of carbonyl (C=O) groups excluding carboxylic acids is 1. The molecular weight excluding hydrogens is 459 g/mol. The van der Waals surface area contributed by atoms with E-state index in [1.54, 1.807) is 29.8 Å². The fourth-order valence-corrected chi connectivity index (χ4v) is 3.48. The summed E-state index contributed by atoms with van der Waals surface area (Å²) >= 11 is 0. The van der Waals surface area contributed by atoms with Gasteiger partial charge in [0.1, 0.15) is 11.6 Å². The highest BCUT2D eigenvalue weighted by Crippen LogP contribution is 2.32. The third-order valence-electron chi connectivity index (χ3n) is 5.48. The maximum absolute atomic E-state index is 13.2. The van der Waals surface area contributed by atoms with Gasteiger partial charge < -0.3 is 10.1 Å². The normalized spacial score (nSPS) is 11.4. The van der Waals surface area contributed by atoms with Crippen molar-refractivity contribution >= 4 is 11.6 Å². The molecular formula is C25H22F3N5O2. The smallest absolute Gasteiger partial charge is 0.417 e. The van der Waals surface area contributed by atoms with Gasteiger partial charge in [0.25, 0.3) is 5.91 Å². The standard InChI is InChI=1S/C25H22F3N5O2/c1-14-15(2)32-33(16(14)3)22-13-23(30-17(4)29-22)35-19-11-9-18(10-12-19)31-24(34)20-7-5-6-8-21(20)25(26,27)28/h5-13H,1-4H3,(H,31,34). The predicted octanol–water partition coefficient (Wildman–Crippen LogP) is 5.96. The summed E-state index contributed by atoms with van der Waals surface area (Å²) in [5, 5.41) is 7.00. The van der Waals surface area contributed by atoms with E-state index >= 15 is 0 Å². The van der Waals surface area contributed by atoms with Crippen LogP contribution in [-0.4, -0.2) is 25.7 Å². The van der Waals surface area contributed by atoms with Crippen molar-refractivity contribution in [2.24, 2.45) is 0 Å². The Morgan fingerprint density at radius 1 is 0.971 bits per heavy atom. The van der Waals surface area contributed by atoms with Crippen LogP contribution in [0, 0.1) is 27.7 Å². The van der Waals surface area contributed by atoms with Crippen LogP contribution in [0.1, 0.15) is 38.7 Å². The number of halogens is 3. The molecule has 0 atom stereocenters. The highest BCUT2D eigenvalue weighted by atomic mass is 19.4. The van der Waals surface area contributed by atoms with Crippen molar-refractivity contribution in [1.29, 1.82) is 0 Å². The molecule has 10 heteroatoms. The number of carbonyl (C=O) groups is 1. The highest BCUT2D eigenvalue weighted by Gasteiger charge is 2.34. The predicted molar refractivity (Wildman–Crippen MR) is 124 cm³/mol. The quantitative estimate of drug-likeness (QED) is 0.380. The lowest BCUT2D eigenvalue weighted by molar-refractivity contribution is -0.137. The third kappa shape index (κ3) is 5.16. The zero-order valence-electron chi connectivity index (χ0n) is 19.4. The molecule has 1 amide bonds. The van der Waals surface area contributed by atoms with Crippen molar-refractivity contribution in [3.63, 3.8) is 0 Å². The van der Waals surface area contributed by atoms with E-state index < -0.39 is 23.2 Å². The Morgan fingerprint density at radius 2 is 1.66 bits per heavy atom. The van der Waals surface area contributed by atoms with Crippen molar-refractivity contribution in [3.8, 4) is 17.4 Å². The Kier molecular flexibility index (Phi) is 6.29. The molecule has 0 bridgehead atoms. The maximum atomic E-state index is 13.2. The molecule has 180 valence electrons. The van der Waals surface area contributed by atoms with Crippen LogP contribution in [0.25, 0.3) is 5.82 Å². The Balaban J connectivity index is 1.51. The van der Waals surface area contributed by atoms with Crippen molar-refractivity contribution in [2.75, 3.05) is 5.32 Å². The zero-order valence-corrected chi connectivity index (χ0v) is 19.4. The van der Waals surface area contributed by atoms with Crippen molar-refractivity contribution in [2.45, 2.75) is 33.9 Å². The number of amides is 1. The van der Waals surface area contributed by atoms with Crippen LogP contribution >= 0.6 is 0 Å². The monoisotopic (exact) mass is 481 g/mol. The topological polar surface area (TPSA) is 81.9 Å². The third-order valence-corrected chi connectivity index (χ3v) is 5.48. The van der Waals surface area contributed by atoms with Crippen molar-refractivity contribution in [3.05, 3.63) is 88.5 Å². The van der Waals surface area contributed by atoms with Gasteiger partial charge in [-0.1, -0.05) is 12.1 Å². The van der Waals surface area contributed by atoms with Crippen molar-refractivity contribution < 1.29 is 22.7 Å². The molecule has 0 spiro atoms. The van der Waals surface area contributed by atoms with Gasteiger partial charge in [0.15, 0.2) is 5.82 Å². The lowest BCUT2D eigenvalue weighted by atomic mass is 10.1. The summed E-state index contributed by atoms with van der Waals surface area (Å²) in [7, 11) is 0. The molecule has 0 aliphatic heterocycles. The average molecular weight is 481 g/mol. The second-order valence-electron chi connectivity index (χ2n) is 7.94. The highest BCUT2D eigenvalue weighted by molar-refractivity contribution is 6.05. The van der Waals surface area contributed by atoms with E-state index in [0.29, 0.717) is 29.0 Å². The largest absolute Gasteiger partial charge is 0.439 e. The molecule has 2 aromatic heterocycles. The molecule has 0 saturated carbocycles. The van der Waals surface area contributed by atoms with Crippen molar-refractivity contribution in [1.82, 2.24) is 19.7 Å². The van der Waals surface area contributed by atoms with Gasteiger partial charge in [-0.15, -0.1) is 0 Å². The number of ether oxygens (including phenoxy) is 1. The van der Waals surface area contributed by atoms with E-state index in [2.05, 4.69) is 20.4 Å². The number of benzene rings is 2. The summed E-state index contributed by atoms with van der Waals surface area (Å²) < 4.78 is 47.2. The van der Waals surface area contributed by atoms with E-state index in [9.17, 15) is 18.0 Å². The number of alkyl halides is 3. The first-order chi connectivity index (χ1) is 16.5.